The number of ether oxygens (including phenoxy) is 1. The summed E-state index contributed by atoms with van der Waals surface area (Å²) in [7, 11) is 1.56. The van der Waals surface area contributed by atoms with Gasteiger partial charge in [-0.3, -0.25) is 9.78 Å². The van der Waals surface area contributed by atoms with Crippen LogP contribution >= 0.6 is 0 Å². The van der Waals surface area contributed by atoms with E-state index in [2.05, 4.69) is 4.98 Å². The fourth-order valence-electron chi connectivity index (χ4n) is 1.98. The lowest BCUT2D eigenvalue weighted by atomic mass is 10.1. The summed E-state index contributed by atoms with van der Waals surface area (Å²) in [6.45, 7) is 2.46. The number of aromatic nitrogens is 1. The highest BCUT2D eigenvalue weighted by Gasteiger charge is 2.18. The Labute approximate surface area is 118 Å². The van der Waals surface area contributed by atoms with Gasteiger partial charge in [0, 0.05) is 36.4 Å². The van der Waals surface area contributed by atoms with E-state index < -0.39 is 0 Å². The second-order valence-electron chi connectivity index (χ2n) is 4.21. The van der Waals surface area contributed by atoms with E-state index in [-0.39, 0.29) is 5.91 Å². The highest BCUT2D eigenvalue weighted by Crippen LogP contribution is 2.23. The Morgan fingerprint density at radius 1 is 1.30 bits per heavy atom. The number of carbonyl (C=O) groups excluding carboxylic acids is 1. The molecule has 1 aromatic carbocycles. The third kappa shape index (κ3) is 2.71. The number of anilines is 2. The Morgan fingerprint density at radius 3 is 2.55 bits per heavy atom. The van der Waals surface area contributed by atoms with Gasteiger partial charge >= 0.3 is 0 Å². The number of methoxy groups -OCH3 is 1. The molecule has 5 heteroatoms. The van der Waals surface area contributed by atoms with Gasteiger partial charge < -0.3 is 15.4 Å². The third-order valence-electron chi connectivity index (χ3n) is 3.02. The van der Waals surface area contributed by atoms with Crippen molar-refractivity contribution in [2.75, 3.05) is 24.3 Å². The number of hydrogen-bond acceptors (Lipinski definition) is 4. The molecular weight excluding hydrogens is 254 g/mol. The number of pyridine rings is 1. The quantitative estimate of drug-likeness (QED) is 0.867. The summed E-state index contributed by atoms with van der Waals surface area (Å²) in [5, 5.41) is 0. The van der Waals surface area contributed by atoms with Gasteiger partial charge in [0.2, 0.25) is 0 Å². The molecule has 0 fully saturated rings. The molecule has 0 unspecified atom stereocenters. The number of benzene rings is 1. The van der Waals surface area contributed by atoms with Gasteiger partial charge in [0.25, 0.3) is 5.91 Å². The number of nitrogens with zero attached hydrogens (tertiary/aromatic N) is 2. The Balaban J connectivity index is 2.34. The summed E-state index contributed by atoms with van der Waals surface area (Å²) in [6.07, 6.45) is 3.31. The van der Waals surface area contributed by atoms with Crippen molar-refractivity contribution in [1.82, 2.24) is 4.98 Å². The van der Waals surface area contributed by atoms with E-state index in [1.165, 1.54) is 0 Å². The minimum Gasteiger partial charge on any atom is -0.497 e. The van der Waals surface area contributed by atoms with Gasteiger partial charge in [-0.15, -0.1) is 0 Å². The van der Waals surface area contributed by atoms with Crippen LogP contribution in [0.1, 0.15) is 17.3 Å². The maximum Gasteiger partial charge on any atom is 0.260 e. The van der Waals surface area contributed by atoms with Crippen molar-refractivity contribution in [3.05, 3.63) is 48.3 Å². The molecule has 1 aromatic heterocycles. The van der Waals surface area contributed by atoms with E-state index in [0.717, 1.165) is 5.69 Å². The molecule has 2 aromatic rings. The second-order valence-corrected chi connectivity index (χ2v) is 4.21. The van der Waals surface area contributed by atoms with Gasteiger partial charge in [0.05, 0.1) is 12.7 Å². The minimum absolute atomic E-state index is 0.140. The lowest BCUT2D eigenvalue weighted by Crippen LogP contribution is -2.31. The van der Waals surface area contributed by atoms with Crippen molar-refractivity contribution >= 4 is 17.3 Å². The first-order valence-corrected chi connectivity index (χ1v) is 6.32. The lowest BCUT2D eigenvalue weighted by molar-refractivity contribution is 0.0989. The summed E-state index contributed by atoms with van der Waals surface area (Å²) < 4.78 is 5.09. The van der Waals surface area contributed by atoms with Crippen molar-refractivity contribution in [2.45, 2.75) is 6.92 Å². The largest absolute Gasteiger partial charge is 0.497 e. The number of rotatable bonds is 4. The number of hydrogen-bond donors (Lipinski definition) is 1. The summed E-state index contributed by atoms with van der Waals surface area (Å²) in [4.78, 5) is 18.2. The standard InChI is InChI=1S/C15H17N3O2/c1-3-18(11-6-8-17-9-7-11)15(19)13-5-4-12(20-2)10-14(13)16/h4-10H,3,16H2,1-2H3. The van der Waals surface area contributed by atoms with Crippen molar-refractivity contribution in [3.8, 4) is 5.75 Å². The molecular formula is C15H17N3O2. The molecule has 0 aliphatic heterocycles. The molecule has 20 heavy (non-hydrogen) atoms. The van der Waals surface area contributed by atoms with E-state index in [1.54, 1.807) is 54.7 Å². The van der Waals surface area contributed by atoms with Crippen LogP contribution in [0.4, 0.5) is 11.4 Å². The number of amides is 1. The van der Waals surface area contributed by atoms with Gasteiger partial charge in [0.1, 0.15) is 5.75 Å². The van der Waals surface area contributed by atoms with E-state index in [1.807, 2.05) is 6.92 Å². The molecule has 1 heterocycles. The summed E-state index contributed by atoms with van der Waals surface area (Å²) in [5.74, 6) is 0.491. The molecule has 104 valence electrons. The average molecular weight is 271 g/mol. The Hall–Kier alpha value is -2.56. The number of carbonyl (C=O) groups is 1. The molecule has 5 nitrogen and oxygen atoms in total. The second kappa shape index (κ2) is 6.06. The SMILES string of the molecule is CCN(C(=O)c1ccc(OC)cc1N)c1ccncc1. The van der Waals surface area contributed by atoms with Crippen molar-refractivity contribution < 1.29 is 9.53 Å². The molecule has 2 rings (SSSR count). The minimum atomic E-state index is -0.140. The van der Waals surface area contributed by atoms with E-state index in [9.17, 15) is 4.79 Å². The zero-order chi connectivity index (χ0) is 14.5. The van der Waals surface area contributed by atoms with Gasteiger partial charge in [0.15, 0.2) is 0 Å². The van der Waals surface area contributed by atoms with Gasteiger partial charge in [-0.25, -0.2) is 0 Å². The fraction of sp³-hybridized carbons (Fsp3) is 0.200. The third-order valence-corrected chi connectivity index (χ3v) is 3.02. The Kier molecular flexibility index (Phi) is 4.20. The lowest BCUT2D eigenvalue weighted by Gasteiger charge is -2.21. The van der Waals surface area contributed by atoms with Crippen LogP contribution in [0.15, 0.2) is 42.7 Å². The molecule has 0 atom stereocenters. The zero-order valence-electron chi connectivity index (χ0n) is 11.5. The maximum atomic E-state index is 12.6. The highest BCUT2D eigenvalue weighted by molar-refractivity contribution is 6.09. The van der Waals surface area contributed by atoms with Crippen LogP contribution in [0, 0.1) is 0 Å². The highest BCUT2D eigenvalue weighted by atomic mass is 16.5. The summed E-state index contributed by atoms with van der Waals surface area (Å²) in [6, 6.07) is 8.64. The van der Waals surface area contributed by atoms with Crippen LogP contribution in [-0.4, -0.2) is 24.5 Å². The molecule has 0 saturated carbocycles. The molecule has 0 spiro atoms. The maximum absolute atomic E-state index is 12.6. The first kappa shape index (κ1) is 13.9. The first-order chi connectivity index (χ1) is 9.67. The van der Waals surface area contributed by atoms with Gasteiger partial charge in [-0.05, 0) is 31.2 Å². The molecule has 0 aliphatic carbocycles. The monoisotopic (exact) mass is 271 g/mol. The summed E-state index contributed by atoms with van der Waals surface area (Å²) >= 11 is 0. The Morgan fingerprint density at radius 2 is 2.00 bits per heavy atom. The van der Waals surface area contributed by atoms with Crippen LogP contribution in [0.5, 0.6) is 5.75 Å². The summed E-state index contributed by atoms with van der Waals surface area (Å²) in [5.41, 5.74) is 7.59. The van der Waals surface area contributed by atoms with Crippen molar-refractivity contribution in [2.24, 2.45) is 0 Å². The smallest absolute Gasteiger partial charge is 0.260 e. The van der Waals surface area contributed by atoms with E-state index >= 15 is 0 Å². The van der Waals surface area contributed by atoms with Gasteiger partial charge in [-0.1, -0.05) is 0 Å². The normalized spacial score (nSPS) is 10.1. The first-order valence-electron chi connectivity index (χ1n) is 6.32. The van der Waals surface area contributed by atoms with E-state index in [4.69, 9.17) is 10.5 Å². The number of nitrogen functional groups attached to an aromatic ring is 1. The average Bonchev–Trinajstić information content (AvgIpc) is 2.48. The van der Waals surface area contributed by atoms with Crippen molar-refractivity contribution in [3.63, 3.8) is 0 Å². The topological polar surface area (TPSA) is 68.5 Å². The fourth-order valence-corrected chi connectivity index (χ4v) is 1.98. The molecule has 2 N–H and O–H groups in total. The zero-order valence-corrected chi connectivity index (χ0v) is 11.5. The molecule has 0 saturated heterocycles. The van der Waals surface area contributed by atoms with Crippen LogP contribution in [0.2, 0.25) is 0 Å². The van der Waals surface area contributed by atoms with Crippen LogP contribution < -0.4 is 15.4 Å². The predicted molar refractivity (Wildman–Crippen MR) is 79.0 cm³/mol. The van der Waals surface area contributed by atoms with E-state index in [0.29, 0.717) is 23.5 Å². The van der Waals surface area contributed by atoms with Crippen molar-refractivity contribution in [1.29, 1.82) is 0 Å². The molecule has 0 bridgehead atoms. The van der Waals surface area contributed by atoms with Crippen LogP contribution in [0.3, 0.4) is 0 Å². The molecule has 1 amide bonds. The molecule has 0 radical (unpaired) electrons. The van der Waals surface area contributed by atoms with Crippen LogP contribution in [0.25, 0.3) is 0 Å². The predicted octanol–water partition coefficient (Wildman–Crippen LogP) is 2.34. The number of nitrogens with two attached hydrogens (primary N) is 1. The van der Waals surface area contributed by atoms with Crippen LogP contribution in [-0.2, 0) is 0 Å². The van der Waals surface area contributed by atoms with Gasteiger partial charge in [-0.2, -0.15) is 0 Å². The molecule has 0 aliphatic rings. The Bertz CT molecular complexity index is 599.